The summed E-state index contributed by atoms with van der Waals surface area (Å²) in [5.41, 5.74) is 0.607. The van der Waals surface area contributed by atoms with Gasteiger partial charge in [-0.2, -0.15) is 0 Å². The number of nitrogens with zero attached hydrogens (tertiary/aromatic N) is 3. The van der Waals surface area contributed by atoms with Crippen LogP contribution in [-0.4, -0.2) is 79.4 Å². The van der Waals surface area contributed by atoms with Gasteiger partial charge in [0, 0.05) is 63.2 Å². The molecule has 0 aromatic heterocycles. The Morgan fingerprint density at radius 1 is 1.03 bits per heavy atom. The Morgan fingerprint density at radius 2 is 1.67 bits per heavy atom. The fourth-order valence-electron chi connectivity index (χ4n) is 3.91. The molecule has 0 N–H and O–H groups in total. The number of amides is 2. The maximum Gasteiger partial charge on any atom is 0.228 e. The molecule has 0 radical (unpaired) electrons. The molecule has 0 spiro atoms. The SMILES string of the molecule is COc1ccccc1/C=C/CN(CCN1CCN(C(=O)C(C)(C)C)CC1)C(=O)CC(C)(C)C. The highest BCUT2D eigenvalue weighted by Gasteiger charge is 2.30. The van der Waals surface area contributed by atoms with E-state index in [9.17, 15) is 9.59 Å². The number of carbonyl (C=O) groups excluding carboxylic acids is 2. The Morgan fingerprint density at radius 3 is 2.24 bits per heavy atom. The van der Waals surface area contributed by atoms with Gasteiger partial charge in [0.05, 0.1) is 7.11 Å². The molecular weight excluding hydrogens is 414 g/mol. The summed E-state index contributed by atoms with van der Waals surface area (Å²) in [7, 11) is 1.67. The lowest BCUT2D eigenvalue weighted by molar-refractivity contribution is -0.141. The zero-order chi connectivity index (χ0) is 24.6. The Labute approximate surface area is 200 Å². The second-order valence-corrected chi connectivity index (χ2v) is 11.1. The van der Waals surface area contributed by atoms with Gasteiger partial charge in [-0.05, 0) is 11.5 Å². The summed E-state index contributed by atoms with van der Waals surface area (Å²) in [4.78, 5) is 31.8. The molecule has 6 nitrogen and oxygen atoms in total. The largest absolute Gasteiger partial charge is 0.496 e. The van der Waals surface area contributed by atoms with Crippen LogP contribution in [-0.2, 0) is 9.59 Å². The quantitative estimate of drug-likeness (QED) is 0.588. The fraction of sp³-hybridized carbons (Fsp3) is 0.630. The molecule has 184 valence electrons. The normalized spacial score (nSPS) is 15.7. The van der Waals surface area contributed by atoms with E-state index in [2.05, 4.69) is 25.7 Å². The molecule has 1 heterocycles. The van der Waals surface area contributed by atoms with Crippen molar-refractivity contribution in [1.82, 2.24) is 14.7 Å². The van der Waals surface area contributed by atoms with E-state index in [1.54, 1.807) is 7.11 Å². The molecule has 1 aliphatic heterocycles. The third-order valence-corrected chi connectivity index (χ3v) is 5.78. The van der Waals surface area contributed by atoms with Crippen LogP contribution in [0.4, 0.5) is 0 Å². The number of para-hydroxylation sites is 1. The first kappa shape index (κ1) is 26.9. The van der Waals surface area contributed by atoms with E-state index in [0.717, 1.165) is 44.0 Å². The van der Waals surface area contributed by atoms with E-state index >= 15 is 0 Å². The van der Waals surface area contributed by atoms with Gasteiger partial charge in [0.2, 0.25) is 11.8 Å². The van der Waals surface area contributed by atoms with Crippen molar-refractivity contribution in [1.29, 1.82) is 0 Å². The monoisotopic (exact) mass is 457 g/mol. The molecule has 0 bridgehead atoms. The van der Waals surface area contributed by atoms with Gasteiger partial charge in [0.25, 0.3) is 0 Å². The molecule has 0 unspecified atom stereocenters. The molecule has 0 aliphatic carbocycles. The van der Waals surface area contributed by atoms with Gasteiger partial charge in [-0.3, -0.25) is 14.5 Å². The van der Waals surface area contributed by atoms with Gasteiger partial charge in [-0.1, -0.05) is 71.9 Å². The molecule has 1 fully saturated rings. The molecule has 2 amide bonds. The van der Waals surface area contributed by atoms with Crippen molar-refractivity contribution in [2.24, 2.45) is 10.8 Å². The second-order valence-electron chi connectivity index (χ2n) is 11.1. The number of benzene rings is 1. The molecule has 2 rings (SSSR count). The van der Waals surface area contributed by atoms with Crippen molar-refractivity contribution in [3.05, 3.63) is 35.9 Å². The topological polar surface area (TPSA) is 53.1 Å². The summed E-state index contributed by atoms with van der Waals surface area (Å²) < 4.78 is 5.42. The first-order valence-corrected chi connectivity index (χ1v) is 12.0. The number of piperazine rings is 1. The van der Waals surface area contributed by atoms with Crippen LogP contribution in [0.1, 0.15) is 53.5 Å². The van der Waals surface area contributed by atoms with Crippen LogP contribution >= 0.6 is 0 Å². The zero-order valence-electron chi connectivity index (χ0n) is 21.7. The van der Waals surface area contributed by atoms with Gasteiger partial charge in [-0.15, -0.1) is 0 Å². The van der Waals surface area contributed by atoms with Crippen LogP contribution in [0.5, 0.6) is 5.75 Å². The Kier molecular flexibility index (Phi) is 9.53. The molecular formula is C27H43N3O3. The van der Waals surface area contributed by atoms with E-state index in [1.807, 2.05) is 67.0 Å². The molecule has 1 aromatic rings. The predicted molar refractivity (Wildman–Crippen MR) is 135 cm³/mol. The number of hydrogen-bond acceptors (Lipinski definition) is 4. The van der Waals surface area contributed by atoms with Crippen molar-refractivity contribution in [3.63, 3.8) is 0 Å². The summed E-state index contributed by atoms with van der Waals surface area (Å²) in [6.07, 6.45) is 4.58. The second kappa shape index (κ2) is 11.7. The third-order valence-electron chi connectivity index (χ3n) is 5.78. The summed E-state index contributed by atoms with van der Waals surface area (Å²) in [5, 5.41) is 0. The number of carbonyl (C=O) groups is 2. The van der Waals surface area contributed by atoms with Crippen LogP contribution in [0.3, 0.4) is 0 Å². The number of ether oxygens (including phenoxy) is 1. The maximum atomic E-state index is 13.0. The average molecular weight is 458 g/mol. The summed E-state index contributed by atoms with van der Waals surface area (Å²) >= 11 is 0. The van der Waals surface area contributed by atoms with Crippen molar-refractivity contribution < 1.29 is 14.3 Å². The fourth-order valence-corrected chi connectivity index (χ4v) is 3.91. The lowest BCUT2D eigenvalue weighted by Gasteiger charge is -2.38. The van der Waals surface area contributed by atoms with Crippen LogP contribution in [0.25, 0.3) is 6.08 Å². The molecule has 1 saturated heterocycles. The number of rotatable bonds is 8. The van der Waals surface area contributed by atoms with Gasteiger partial charge in [-0.25, -0.2) is 0 Å². The Bertz CT molecular complexity index is 813. The predicted octanol–water partition coefficient (Wildman–Crippen LogP) is 4.16. The molecule has 1 aromatic carbocycles. The minimum Gasteiger partial charge on any atom is -0.496 e. The van der Waals surface area contributed by atoms with Crippen molar-refractivity contribution in [2.45, 2.75) is 48.0 Å². The van der Waals surface area contributed by atoms with Crippen molar-refractivity contribution in [3.8, 4) is 5.75 Å². The third kappa shape index (κ3) is 8.84. The van der Waals surface area contributed by atoms with Gasteiger partial charge >= 0.3 is 0 Å². The molecule has 0 atom stereocenters. The van der Waals surface area contributed by atoms with Crippen LogP contribution in [0.2, 0.25) is 0 Å². The zero-order valence-corrected chi connectivity index (χ0v) is 21.7. The van der Waals surface area contributed by atoms with Gasteiger partial charge in [0.15, 0.2) is 0 Å². The van der Waals surface area contributed by atoms with E-state index in [1.165, 1.54) is 0 Å². The first-order valence-electron chi connectivity index (χ1n) is 12.0. The molecule has 6 heteroatoms. The highest BCUT2D eigenvalue weighted by molar-refractivity contribution is 5.81. The van der Waals surface area contributed by atoms with Crippen LogP contribution < -0.4 is 4.74 Å². The maximum absolute atomic E-state index is 13.0. The highest BCUT2D eigenvalue weighted by atomic mass is 16.5. The lowest BCUT2D eigenvalue weighted by atomic mass is 9.91. The lowest BCUT2D eigenvalue weighted by Crippen LogP contribution is -2.53. The number of hydrogen-bond donors (Lipinski definition) is 0. The molecule has 33 heavy (non-hydrogen) atoms. The molecule has 1 aliphatic rings. The van der Waals surface area contributed by atoms with E-state index in [0.29, 0.717) is 19.5 Å². The van der Waals surface area contributed by atoms with Crippen LogP contribution in [0.15, 0.2) is 30.3 Å². The minimum atomic E-state index is -0.341. The molecule has 0 saturated carbocycles. The van der Waals surface area contributed by atoms with Crippen molar-refractivity contribution in [2.75, 3.05) is 52.9 Å². The van der Waals surface area contributed by atoms with E-state index in [-0.39, 0.29) is 22.6 Å². The van der Waals surface area contributed by atoms with E-state index in [4.69, 9.17) is 4.74 Å². The first-order chi connectivity index (χ1) is 15.4. The number of methoxy groups -OCH3 is 1. The minimum absolute atomic E-state index is 0.0549. The van der Waals surface area contributed by atoms with E-state index < -0.39 is 0 Å². The van der Waals surface area contributed by atoms with Gasteiger partial charge in [0.1, 0.15) is 5.75 Å². The summed E-state index contributed by atoms with van der Waals surface area (Å²) in [5.74, 6) is 1.21. The summed E-state index contributed by atoms with van der Waals surface area (Å²) in [6, 6.07) is 7.88. The van der Waals surface area contributed by atoms with Crippen molar-refractivity contribution >= 4 is 17.9 Å². The van der Waals surface area contributed by atoms with Crippen LogP contribution in [0, 0.1) is 10.8 Å². The Hall–Kier alpha value is -2.34. The average Bonchev–Trinajstić information content (AvgIpc) is 2.74. The standard InChI is InChI=1S/C27H43N3O3/c1-26(2,3)21-24(31)29(14-10-12-22-11-8-9-13-23(22)33-7)18-15-28-16-19-30(20-17-28)25(32)27(4,5)6/h8-13H,14-21H2,1-7H3/b12-10+. The Balaban J connectivity index is 1.97. The summed E-state index contributed by atoms with van der Waals surface area (Å²) in [6.45, 7) is 17.5. The smallest absolute Gasteiger partial charge is 0.228 e. The highest BCUT2D eigenvalue weighted by Crippen LogP contribution is 2.22. The van der Waals surface area contributed by atoms with Gasteiger partial charge < -0.3 is 14.5 Å².